The van der Waals surface area contributed by atoms with Gasteiger partial charge in [-0.05, 0) is 19.5 Å². The number of amides is 1. The van der Waals surface area contributed by atoms with Crippen molar-refractivity contribution in [3.63, 3.8) is 0 Å². The lowest BCUT2D eigenvalue weighted by atomic mass is 10.1. The average molecular weight is 261 g/mol. The van der Waals surface area contributed by atoms with Crippen molar-refractivity contribution >= 4 is 5.91 Å². The maximum Gasteiger partial charge on any atom is 0.224 e. The number of aryl methyl sites for hydroxylation is 1. The lowest BCUT2D eigenvalue weighted by Crippen LogP contribution is -2.53. The molecule has 1 saturated heterocycles. The third kappa shape index (κ3) is 4.65. The number of piperazine rings is 1. The van der Waals surface area contributed by atoms with E-state index >= 15 is 0 Å². The van der Waals surface area contributed by atoms with Gasteiger partial charge < -0.3 is 15.5 Å². The number of nitrogens with one attached hydrogen (secondary N) is 2. The van der Waals surface area contributed by atoms with Crippen LogP contribution in [0.4, 0.5) is 0 Å². The molecule has 1 aliphatic heterocycles. The van der Waals surface area contributed by atoms with Crippen LogP contribution in [0.3, 0.4) is 0 Å². The average Bonchev–Trinajstić information content (AvgIpc) is 2.39. The number of rotatable bonds is 4. The van der Waals surface area contributed by atoms with E-state index in [0.29, 0.717) is 19.0 Å². The van der Waals surface area contributed by atoms with Crippen LogP contribution < -0.4 is 10.6 Å². The highest BCUT2D eigenvalue weighted by atomic mass is 16.1. The SMILES string of the molecule is Cc1ccc(CC(=O)NCC2CN(C)CCN2)cc1. The van der Waals surface area contributed by atoms with Crippen LogP contribution in [0.25, 0.3) is 0 Å². The number of hydrogen-bond acceptors (Lipinski definition) is 3. The lowest BCUT2D eigenvalue weighted by Gasteiger charge is -2.30. The number of hydrogen-bond donors (Lipinski definition) is 2. The van der Waals surface area contributed by atoms with Gasteiger partial charge in [-0.2, -0.15) is 0 Å². The first-order chi connectivity index (χ1) is 9.13. The molecule has 1 unspecified atom stereocenters. The van der Waals surface area contributed by atoms with E-state index in [-0.39, 0.29) is 5.91 Å². The minimum absolute atomic E-state index is 0.0962. The normalized spacial score (nSPS) is 20.2. The Balaban J connectivity index is 1.73. The second kappa shape index (κ2) is 6.68. The quantitative estimate of drug-likeness (QED) is 0.832. The van der Waals surface area contributed by atoms with Crippen LogP contribution in [0.15, 0.2) is 24.3 Å². The summed E-state index contributed by atoms with van der Waals surface area (Å²) < 4.78 is 0. The van der Waals surface area contributed by atoms with Gasteiger partial charge in [0, 0.05) is 32.2 Å². The van der Waals surface area contributed by atoms with Crippen LogP contribution in [0, 0.1) is 6.92 Å². The summed E-state index contributed by atoms with van der Waals surface area (Å²) in [6.07, 6.45) is 0.461. The molecule has 1 aromatic carbocycles. The molecule has 1 heterocycles. The Bertz CT molecular complexity index is 416. The zero-order valence-electron chi connectivity index (χ0n) is 11.8. The number of nitrogens with zero attached hydrogens (tertiary/aromatic N) is 1. The predicted molar refractivity (Wildman–Crippen MR) is 77.2 cm³/mol. The molecular weight excluding hydrogens is 238 g/mol. The van der Waals surface area contributed by atoms with Gasteiger partial charge >= 0.3 is 0 Å². The zero-order valence-corrected chi connectivity index (χ0v) is 11.8. The molecule has 1 aliphatic rings. The van der Waals surface area contributed by atoms with Crippen molar-refractivity contribution in [3.8, 4) is 0 Å². The van der Waals surface area contributed by atoms with Gasteiger partial charge in [-0.15, -0.1) is 0 Å². The number of benzene rings is 1. The van der Waals surface area contributed by atoms with Crippen LogP contribution in [-0.2, 0) is 11.2 Å². The fourth-order valence-corrected chi connectivity index (χ4v) is 2.32. The van der Waals surface area contributed by atoms with Gasteiger partial charge in [-0.25, -0.2) is 0 Å². The van der Waals surface area contributed by atoms with E-state index in [2.05, 4.69) is 29.5 Å². The van der Waals surface area contributed by atoms with Crippen LogP contribution in [0.2, 0.25) is 0 Å². The van der Waals surface area contributed by atoms with Crippen LogP contribution in [-0.4, -0.2) is 50.1 Å². The summed E-state index contributed by atoms with van der Waals surface area (Å²) in [5.41, 5.74) is 2.29. The molecule has 1 atom stereocenters. The van der Waals surface area contributed by atoms with Gasteiger partial charge in [0.05, 0.1) is 6.42 Å². The Morgan fingerprint density at radius 2 is 2.16 bits per heavy atom. The molecule has 1 aromatic rings. The maximum atomic E-state index is 11.9. The number of likely N-dealkylation sites (N-methyl/N-ethyl adjacent to an activating group) is 1. The molecule has 0 aromatic heterocycles. The van der Waals surface area contributed by atoms with E-state index in [0.717, 1.165) is 25.2 Å². The lowest BCUT2D eigenvalue weighted by molar-refractivity contribution is -0.120. The molecule has 19 heavy (non-hydrogen) atoms. The second-order valence-corrected chi connectivity index (χ2v) is 5.38. The zero-order chi connectivity index (χ0) is 13.7. The molecule has 2 rings (SSSR count). The van der Waals surface area contributed by atoms with Crippen molar-refractivity contribution in [2.75, 3.05) is 33.2 Å². The molecule has 1 fully saturated rings. The Morgan fingerprint density at radius 1 is 1.42 bits per heavy atom. The van der Waals surface area contributed by atoms with Crippen molar-refractivity contribution in [2.24, 2.45) is 0 Å². The fourth-order valence-electron chi connectivity index (χ4n) is 2.32. The van der Waals surface area contributed by atoms with Gasteiger partial charge in [0.2, 0.25) is 5.91 Å². The molecule has 4 nitrogen and oxygen atoms in total. The number of carbonyl (C=O) groups is 1. The van der Waals surface area contributed by atoms with E-state index < -0.39 is 0 Å². The second-order valence-electron chi connectivity index (χ2n) is 5.38. The van der Waals surface area contributed by atoms with Crippen molar-refractivity contribution < 1.29 is 4.79 Å². The highest BCUT2D eigenvalue weighted by Crippen LogP contribution is 2.03. The molecule has 4 heteroatoms. The van der Waals surface area contributed by atoms with E-state index in [9.17, 15) is 4.79 Å². The molecule has 0 saturated carbocycles. The summed E-state index contributed by atoms with van der Waals surface area (Å²) in [4.78, 5) is 14.2. The van der Waals surface area contributed by atoms with Crippen LogP contribution in [0.1, 0.15) is 11.1 Å². The van der Waals surface area contributed by atoms with E-state index in [1.54, 1.807) is 0 Å². The van der Waals surface area contributed by atoms with Gasteiger partial charge in [0.25, 0.3) is 0 Å². The predicted octanol–water partition coefficient (Wildman–Crippen LogP) is 0.557. The third-order valence-corrected chi connectivity index (χ3v) is 3.49. The van der Waals surface area contributed by atoms with E-state index in [1.807, 2.05) is 24.3 Å². The summed E-state index contributed by atoms with van der Waals surface area (Å²) in [7, 11) is 2.11. The smallest absolute Gasteiger partial charge is 0.224 e. The van der Waals surface area contributed by atoms with Gasteiger partial charge in [-0.1, -0.05) is 29.8 Å². The first kappa shape index (κ1) is 14.0. The minimum Gasteiger partial charge on any atom is -0.354 e. The van der Waals surface area contributed by atoms with Crippen molar-refractivity contribution in [3.05, 3.63) is 35.4 Å². The maximum absolute atomic E-state index is 11.9. The summed E-state index contributed by atoms with van der Waals surface area (Å²) >= 11 is 0. The molecule has 1 amide bonds. The summed E-state index contributed by atoms with van der Waals surface area (Å²) in [5, 5.41) is 6.43. The first-order valence-electron chi connectivity index (χ1n) is 6.87. The Kier molecular flexibility index (Phi) is 4.93. The van der Waals surface area contributed by atoms with Crippen molar-refractivity contribution in [1.82, 2.24) is 15.5 Å². The highest BCUT2D eigenvalue weighted by Gasteiger charge is 2.16. The van der Waals surface area contributed by atoms with E-state index in [1.165, 1.54) is 5.56 Å². The molecule has 104 valence electrons. The van der Waals surface area contributed by atoms with Crippen LogP contribution >= 0.6 is 0 Å². The summed E-state index contributed by atoms with van der Waals surface area (Å²) in [6.45, 7) is 5.82. The summed E-state index contributed by atoms with van der Waals surface area (Å²) in [5.74, 6) is 0.0962. The standard InChI is InChI=1S/C15H23N3O/c1-12-3-5-13(6-4-12)9-15(19)17-10-14-11-18(2)8-7-16-14/h3-6,14,16H,7-11H2,1-2H3,(H,17,19). The van der Waals surface area contributed by atoms with Crippen LogP contribution in [0.5, 0.6) is 0 Å². The molecular formula is C15H23N3O. The summed E-state index contributed by atoms with van der Waals surface area (Å²) in [6, 6.07) is 8.48. The Labute approximate surface area is 115 Å². The monoisotopic (exact) mass is 261 g/mol. The molecule has 0 bridgehead atoms. The van der Waals surface area contributed by atoms with Gasteiger partial charge in [0.1, 0.15) is 0 Å². The van der Waals surface area contributed by atoms with Crippen molar-refractivity contribution in [2.45, 2.75) is 19.4 Å². The Morgan fingerprint density at radius 3 is 2.84 bits per heavy atom. The molecule has 2 N–H and O–H groups in total. The van der Waals surface area contributed by atoms with E-state index in [4.69, 9.17) is 0 Å². The highest BCUT2D eigenvalue weighted by molar-refractivity contribution is 5.78. The van der Waals surface area contributed by atoms with Gasteiger partial charge in [0.15, 0.2) is 0 Å². The Hall–Kier alpha value is -1.39. The topological polar surface area (TPSA) is 44.4 Å². The fraction of sp³-hybridized carbons (Fsp3) is 0.533. The van der Waals surface area contributed by atoms with Gasteiger partial charge in [-0.3, -0.25) is 4.79 Å². The molecule has 0 radical (unpaired) electrons. The third-order valence-electron chi connectivity index (χ3n) is 3.49. The minimum atomic E-state index is 0.0962. The molecule has 0 spiro atoms. The molecule has 0 aliphatic carbocycles. The largest absolute Gasteiger partial charge is 0.354 e. The first-order valence-corrected chi connectivity index (χ1v) is 6.87. The van der Waals surface area contributed by atoms with Crippen molar-refractivity contribution in [1.29, 1.82) is 0 Å². The number of carbonyl (C=O) groups excluding carboxylic acids is 1.